The molecule has 1 aliphatic carbocycles. The number of amides is 2. The van der Waals surface area contributed by atoms with Crippen molar-refractivity contribution < 1.29 is 19.1 Å². The quantitative estimate of drug-likeness (QED) is 0.444. The molecule has 1 atom stereocenters. The third-order valence-corrected chi connectivity index (χ3v) is 9.01. The Labute approximate surface area is 245 Å². The molecule has 2 aromatic rings. The number of piperidine rings is 1. The van der Waals surface area contributed by atoms with Crippen LogP contribution in [-0.2, 0) is 16.1 Å². The van der Waals surface area contributed by atoms with Crippen LogP contribution in [0.4, 0.5) is 4.79 Å². The van der Waals surface area contributed by atoms with E-state index in [-0.39, 0.29) is 29.5 Å². The lowest BCUT2D eigenvalue weighted by atomic mass is 9.59. The first kappa shape index (κ1) is 29.4. The first-order valence-electron chi connectivity index (χ1n) is 15.1. The average Bonchev–Trinajstić information content (AvgIpc) is 2.91. The van der Waals surface area contributed by atoms with Gasteiger partial charge in [-0.1, -0.05) is 44.2 Å². The summed E-state index contributed by atoms with van der Waals surface area (Å²) >= 11 is 0. The van der Waals surface area contributed by atoms with Crippen LogP contribution in [0.1, 0.15) is 89.0 Å². The van der Waals surface area contributed by atoms with Gasteiger partial charge >= 0.3 is 6.09 Å². The molecule has 1 aromatic heterocycles. The molecule has 1 aromatic carbocycles. The standard InChI is InChI=1S/C33H46N4O4/c1-23(2)26-9-7-8-10-27(26)28-21-35(20-24-11-12-29(40-6)34-19-24)22-30(38)37(28)25-17-33(18-25)13-15-36(16-14-33)31(39)41-32(3,4)5/h7-12,19,23,25,28H,13-18,20-22H2,1-6H3. The number of hydrogen-bond donors (Lipinski definition) is 0. The highest BCUT2D eigenvalue weighted by molar-refractivity contribution is 5.80. The Hall–Kier alpha value is -3.13. The van der Waals surface area contributed by atoms with Gasteiger partial charge in [-0.05, 0) is 74.5 Å². The number of carbonyl (C=O) groups is 2. The summed E-state index contributed by atoms with van der Waals surface area (Å²) in [4.78, 5) is 37.2. The highest BCUT2D eigenvalue weighted by Gasteiger charge is 2.52. The predicted molar refractivity (Wildman–Crippen MR) is 159 cm³/mol. The second-order valence-corrected chi connectivity index (χ2v) is 13.5. The second-order valence-electron chi connectivity index (χ2n) is 13.5. The first-order chi connectivity index (χ1) is 19.5. The van der Waals surface area contributed by atoms with E-state index < -0.39 is 5.60 Å². The zero-order chi connectivity index (χ0) is 29.4. The van der Waals surface area contributed by atoms with Crippen LogP contribution in [0.25, 0.3) is 0 Å². The van der Waals surface area contributed by atoms with Crippen molar-refractivity contribution in [2.75, 3.05) is 33.3 Å². The summed E-state index contributed by atoms with van der Waals surface area (Å²) < 4.78 is 10.8. The van der Waals surface area contributed by atoms with Crippen LogP contribution in [0.2, 0.25) is 0 Å². The molecule has 1 saturated carbocycles. The average molecular weight is 563 g/mol. The highest BCUT2D eigenvalue weighted by Crippen LogP contribution is 2.53. The summed E-state index contributed by atoms with van der Waals surface area (Å²) in [6, 6.07) is 12.8. The van der Waals surface area contributed by atoms with E-state index in [0.717, 1.165) is 50.9 Å². The fraction of sp³-hybridized carbons (Fsp3) is 0.606. The Kier molecular flexibility index (Phi) is 8.33. The maximum atomic E-state index is 13.9. The maximum Gasteiger partial charge on any atom is 0.410 e. The van der Waals surface area contributed by atoms with Crippen molar-refractivity contribution in [1.82, 2.24) is 19.7 Å². The molecule has 3 fully saturated rings. The molecule has 41 heavy (non-hydrogen) atoms. The van der Waals surface area contributed by atoms with Gasteiger partial charge in [-0.2, -0.15) is 0 Å². The van der Waals surface area contributed by atoms with E-state index in [2.05, 4.69) is 52.9 Å². The number of carbonyl (C=O) groups excluding carboxylic acids is 2. The summed E-state index contributed by atoms with van der Waals surface area (Å²) in [5.74, 6) is 1.16. The number of aromatic nitrogens is 1. The molecule has 0 bridgehead atoms. The Morgan fingerprint density at radius 1 is 1.10 bits per heavy atom. The van der Waals surface area contributed by atoms with Crippen molar-refractivity contribution in [2.45, 2.75) is 90.4 Å². The summed E-state index contributed by atoms with van der Waals surface area (Å²) in [5, 5.41) is 0. The number of methoxy groups -OCH3 is 1. The van der Waals surface area contributed by atoms with Gasteiger partial charge in [0.1, 0.15) is 5.60 Å². The molecule has 0 N–H and O–H groups in total. The van der Waals surface area contributed by atoms with Gasteiger partial charge in [0.15, 0.2) is 0 Å². The molecule has 2 aliphatic heterocycles. The molecule has 3 aliphatic rings. The molecular formula is C33H46N4O4. The molecule has 222 valence electrons. The van der Waals surface area contributed by atoms with Crippen molar-refractivity contribution in [3.8, 4) is 5.88 Å². The highest BCUT2D eigenvalue weighted by atomic mass is 16.6. The van der Waals surface area contributed by atoms with Gasteiger partial charge in [0.05, 0.1) is 19.7 Å². The Bertz CT molecular complexity index is 1220. The van der Waals surface area contributed by atoms with Crippen molar-refractivity contribution in [1.29, 1.82) is 0 Å². The van der Waals surface area contributed by atoms with E-state index in [9.17, 15) is 9.59 Å². The molecule has 8 heteroatoms. The van der Waals surface area contributed by atoms with Crippen LogP contribution in [0.5, 0.6) is 5.88 Å². The lowest BCUT2D eigenvalue weighted by Crippen LogP contribution is -2.62. The van der Waals surface area contributed by atoms with Gasteiger partial charge < -0.3 is 19.3 Å². The SMILES string of the molecule is COc1ccc(CN2CC(=O)N(C3CC4(CCN(C(=O)OC(C)(C)C)CC4)C3)C(c3ccccc3C(C)C)C2)cn1. The molecule has 1 unspecified atom stereocenters. The van der Waals surface area contributed by atoms with Crippen molar-refractivity contribution in [3.63, 3.8) is 0 Å². The van der Waals surface area contributed by atoms with Gasteiger partial charge in [-0.15, -0.1) is 0 Å². The van der Waals surface area contributed by atoms with Crippen LogP contribution < -0.4 is 4.74 Å². The van der Waals surface area contributed by atoms with Gasteiger partial charge in [0.2, 0.25) is 11.8 Å². The van der Waals surface area contributed by atoms with Gasteiger partial charge in [0, 0.05) is 44.5 Å². The minimum atomic E-state index is -0.485. The van der Waals surface area contributed by atoms with E-state index in [1.165, 1.54) is 11.1 Å². The molecule has 5 rings (SSSR count). The number of hydrogen-bond acceptors (Lipinski definition) is 6. The molecule has 8 nitrogen and oxygen atoms in total. The molecule has 3 heterocycles. The zero-order valence-electron chi connectivity index (χ0n) is 25.6. The van der Waals surface area contributed by atoms with Gasteiger partial charge in [0.25, 0.3) is 0 Å². The minimum Gasteiger partial charge on any atom is -0.481 e. The van der Waals surface area contributed by atoms with E-state index in [4.69, 9.17) is 9.47 Å². The van der Waals surface area contributed by atoms with E-state index >= 15 is 0 Å². The van der Waals surface area contributed by atoms with E-state index in [0.29, 0.717) is 24.9 Å². The first-order valence-corrected chi connectivity index (χ1v) is 15.1. The smallest absolute Gasteiger partial charge is 0.410 e. The monoisotopic (exact) mass is 562 g/mol. The molecule has 2 saturated heterocycles. The van der Waals surface area contributed by atoms with Crippen LogP contribution in [0.15, 0.2) is 42.6 Å². The van der Waals surface area contributed by atoms with Crippen molar-refractivity contribution in [2.24, 2.45) is 5.41 Å². The van der Waals surface area contributed by atoms with Crippen LogP contribution in [0.3, 0.4) is 0 Å². The Morgan fingerprint density at radius 2 is 1.80 bits per heavy atom. The number of nitrogens with zero attached hydrogens (tertiary/aromatic N) is 4. The summed E-state index contributed by atoms with van der Waals surface area (Å²) in [6.07, 6.45) is 5.56. The molecule has 0 radical (unpaired) electrons. The lowest BCUT2D eigenvalue weighted by Gasteiger charge is -2.58. The molecular weight excluding hydrogens is 516 g/mol. The third-order valence-electron chi connectivity index (χ3n) is 9.01. The largest absolute Gasteiger partial charge is 0.481 e. The maximum absolute atomic E-state index is 13.9. The van der Waals surface area contributed by atoms with E-state index in [1.54, 1.807) is 7.11 Å². The normalized spacial score (nSPS) is 21.7. The number of ether oxygens (including phenoxy) is 2. The van der Waals surface area contributed by atoms with Crippen LogP contribution >= 0.6 is 0 Å². The number of likely N-dealkylation sites (tertiary alicyclic amines) is 1. The summed E-state index contributed by atoms with van der Waals surface area (Å²) in [5.41, 5.74) is 3.36. The van der Waals surface area contributed by atoms with Crippen molar-refractivity contribution >= 4 is 12.0 Å². The second kappa shape index (κ2) is 11.6. The number of pyridine rings is 1. The summed E-state index contributed by atoms with van der Waals surface area (Å²) in [6.45, 7) is 13.5. The number of benzene rings is 1. The van der Waals surface area contributed by atoms with Gasteiger partial charge in [-0.3, -0.25) is 9.69 Å². The van der Waals surface area contributed by atoms with Crippen LogP contribution in [-0.4, -0.2) is 76.6 Å². The Morgan fingerprint density at radius 3 is 2.41 bits per heavy atom. The fourth-order valence-electron chi connectivity index (χ4n) is 6.93. The number of rotatable bonds is 6. The van der Waals surface area contributed by atoms with Crippen molar-refractivity contribution in [3.05, 3.63) is 59.3 Å². The van der Waals surface area contributed by atoms with E-state index in [1.807, 2.05) is 44.0 Å². The Balaban J connectivity index is 1.31. The minimum absolute atomic E-state index is 0.00487. The summed E-state index contributed by atoms with van der Waals surface area (Å²) in [7, 11) is 1.62. The molecule has 2 amide bonds. The fourth-order valence-corrected chi connectivity index (χ4v) is 6.93. The van der Waals surface area contributed by atoms with Gasteiger partial charge in [-0.25, -0.2) is 9.78 Å². The third kappa shape index (κ3) is 6.53. The number of piperazine rings is 1. The predicted octanol–water partition coefficient (Wildman–Crippen LogP) is 5.78. The zero-order valence-corrected chi connectivity index (χ0v) is 25.6. The topological polar surface area (TPSA) is 75.2 Å². The van der Waals surface area contributed by atoms with Crippen LogP contribution in [0, 0.1) is 5.41 Å². The molecule has 1 spiro atoms. The lowest BCUT2D eigenvalue weighted by molar-refractivity contribution is -0.153.